The Kier molecular flexibility index (Phi) is 73.4. The lowest BCUT2D eigenvalue weighted by Crippen LogP contribution is -2.37. The van der Waals surface area contributed by atoms with Crippen molar-refractivity contribution >= 4 is 19.8 Å². The van der Waals surface area contributed by atoms with Gasteiger partial charge in [0.25, 0.3) is 0 Å². The summed E-state index contributed by atoms with van der Waals surface area (Å²) in [5.74, 6) is -0.764. The zero-order valence-electron chi connectivity index (χ0n) is 63.1. The summed E-state index contributed by atoms with van der Waals surface area (Å²) in [5, 5.41) is 0. The number of ether oxygens (including phenoxy) is 2. The van der Waals surface area contributed by atoms with Crippen LogP contribution in [-0.4, -0.2) is 74.9 Å². The monoisotopic (exact) mass is 1320 g/mol. The van der Waals surface area contributed by atoms with E-state index in [0.717, 1.165) is 38.5 Å². The average molecular weight is 1320 g/mol. The van der Waals surface area contributed by atoms with Crippen molar-refractivity contribution in [3.8, 4) is 0 Å². The van der Waals surface area contributed by atoms with Gasteiger partial charge in [-0.05, 0) is 12.8 Å². The molecule has 0 spiro atoms. The van der Waals surface area contributed by atoms with Crippen molar-refractivity contribution < 1.29 is 42.1 Å². The highest BCUT2D eigenvalue weighted by Gasteiger charge is 2.27. The number of phosphoric acid groups is 1. The number of hydrogen-bond acceptors (Lipinski definition) is 7. The van der Waals surface area contributed by atoms with Gasteiger partial charge in [-0.2, -0.15) is 0 Å². The number of esters is 2. The van der Waals surface area contributed by atoms with Gasteiger partial charge in [-0.3, -0.25) is 18.6 Å². The van der Waals surface area contributed by atoms with Crippen LogP contribution in [0.2, 0.25) is 0 Å². The fourth-order valence-electron chi connectivity index (χ4n) is 13.3. The smallest absolute Gasteiger partial charge is 0.462 e. The minimum atomic E-state index is -4.39. The van der Waals surface area contributed by atoms with Gasteiger partial charge in [-0.15, -0.1) is 0 Å². The summed E-state index contributed by atoms with van der Waals surface area (Å²) in [6.45, 7) is 4.55. The summed E-state index contributed by atoms with van der Waals surface area (Å²) in [7, 11) is 1.51. The summed E-state index contributed by atoms with van der Waals surface area (Å²) < 4.78 is 34.9. The molecule has 0 fully saturated rings. The third-order valence-electron chi connectivity index (χ3n) is 19.6. The first kappa shape index (κ1) is 91.0. The molecule has 9 nitrogen and oxygen atoms in total. The van der Waals surface area contributed by atoms with E-state index < -0.39 is 26.5 Å². The Morgan fingerprint density at radius 2 is 0.489 bits per heavy atom. The third kappa shape index (κ3) is 78.0. The zero-order valence-corrected chi connectivity index (χ0v) is 64.0. The van der Waals surface area contributed by atoms with Crippen LogP contribution in [0, 0.1) is 0 Å². The maximum atomic E-state index is 12.9. The zero-order chi connectivity index (χ0) is 66.9. The minimum absolute atomic E-state index is 0.0379. The minimum Gasteiger partial charge on any atom is -0.462 e. The predicted octanol–water partition coefficient (Wildman–Crippen LogP) is 27.6. The van der Waals surface area contributed by atoms with Crippen LogP contribution in [0.1, 0.15) is 463 Å². The fourth-order valence-corrected chi connectivity index (χ4v) is 14.0. The van der Waals surface area contributed by atoms with Gasteiger partial charge in [-0.25, -0.2) is 4.57 Å². The van der Waals surface area contributed by atoms with E-state index in [1.807, 2.05) is 21.1 Å². The van der Waals surface area contributed by atoms with Crippen LogP contribution >= 0.6 is 7.82 Å². The van der Waals surface area contributed by atoms with Gasteiger partial charge in [0.15, 0.2) is 6.10 Å². The van der Waals surface area contributed by atoms with Crippen molar-refractivity contribution in [3.05, 3.63) is 0 Å². The van der Waals surface area contributed by atoms with Gasteiger partial charge in [0, 0.05) is 12.8 Å². The van der Waals surface area contributed by atoms with E-state index in [9.17, 15) is 19.0 Å². The van der Waals surface area contributed by atoms with Gasteiger partial charge >= 0.3 is 19.8 Å². The van der Waals surface area contributed by atoms with E-state index in [4.69, 9.17) is 18.5 Å². The van der Waals surface area contributed by atoms with Gasteiger partial charge in [0.1, 0.15) is 19.8 Å². The Bertz CT molecular complexity index is 1510. The van der Waals surface area contributed by atoms with Crippen molar-refractivity contribution in [3.63, 3.8) is 0 Å². The lowest BCUT2D eigenvalue weighted by molar-refractivity contribution is -0.870. The molecule has 0 heterocycles. The first-order valence-electron chi connectivity index (χ1n) is 41.8. The largest absolute Gasteiger partial charge is 0.472 e. The van der Waals surface area contributed by atoms with Gasteiger partial charge in [-0.1, -0.05) is 438 Å². The molecule has 0 saturated heterocycles. The summed E-state index contributed by atoms with van der Waals surface area (Å²) >= 11 is 0. The van der Waals surface area contributed by atoms with Crippen molar-refractivity contribution in [2.45, 2.75) is 469 Å². The number of likely N-dealkylation sites (N-methyl/N-ethyl adjacent to an activating group) is 1. The van der Waals surface area contributed by atoms with E-state index in [0.29, 0.717) is 17.4 Å². The molecule has 0 aliphatic carbocycles. The molecule has 0 aliphatic heterocycles. The molecular formula is C82H165NO8P+. The Balaban J connectivity index is 3.85. The molecule has 550 valence electrons. The Hall–Kier alpha value is -0.990. The van der Waals surface area contributed by atoms with Crippen molar-refractivity contribution in [1.82, 2.24) is 0 Å². The fraction of sp³-hybridized carbons (Fsp3) is 0.976. The van der Waals surface area contributed by atoms with Crippen molar-refractivity contribution in [2.75, 3.05) is 47.5 Å². The molecule has 2 atom stereocenters. The predicted molar refractivity (Wildman–Crippen MR) is 400 cm³/mol. The first-order valence-corrected chi connectivity index (χ1v) is 43.3. The average Bonchev–Trinajstić information content (AvgIpc) is 2.14. The van der Waals surface area contributed by atoms with Crippen molar-refractivity contribution in [1.29, 1.82) is 0 Å². The summed E-state index contributed by atoms with van der Waals surface area (Å²) in [6, 6.07) is 0. The Morgan fingerprint density at radius 1 is 0.293 bits per heavy atom. The van der Waals surface area contributed by atoms with Crippen LogP contribution in [0.5, 0.6) is 0 Å². The normalized spacial score (nSPS) is 12.9. The number of carbonyl (C=O) groups is 2. The highest BCUT2D eigenvalue weighted by atomic mass is 31.2. The lowest BCUT2D eigenvalue weighted by Gasteiger charge is -2.24. The quantitative estimate of drug-likeness (QED) is 0.0278. The molecule has 0 radical (unpaired) electrons. The van der Waals surface area contributed by atoms with E-state index in [1.54, 1.807) is 0 Å². The number of quaternary nitrogens is 1. The Morgan fingerprint density at radius 3 is 0.696 bits per heavy atom. The van der Waals surface area contributed by atoms with Crippen molar-refractivity contribution in [2.24, 2.45) is 0 Å². The van der Waals surface area contributed by atoms with E-state index >= 15 is 0 Å². The number of unbranched alkanes of at least 4 members (excludes halogenated alkanes) is 66. The molecular weight excluding hydrogens is 1160 g/mol. The molecule has 0 bridgehead atoms. The molecule has 0 rings (SSSR count). The highest BCUT2D eigenvalue weighted by molar-refractivity contribution is 7.47. The molecule has 0 aromatic rings. The molecule has 0 aromatic carbocycles. The third-order valence-corrected chi connectivity index (χ3v) is 20.6. The number of phosphoric ester groups is 1. The summed E-state index contributed by atoms with van der Waals surface area (Å²) in [4.78, 5) is 36.0. The number of rotatable bonds is 80. The maximum Gasteiger partial charge on any atom is 0.472 e. The van der Waals surface area contributed by atoms with Crippen LogP contribution in [-0.2, 0) is 32.7 Å². The second kappa shape index (κ2) is 74.2. The second-order valence-corrected chi connectivity index (χ2v) is 31.7. The SMILES string of the molecule is CCCCCCCCCCCCCCCCCCCCCCCCCCCCCCCCCCCCCCCCCC(=O)OC(COC(=O)CCCCCCCCCCCCCCCCCCCCCCCCCCCCCCC)COP(=O)(O)OCC[N+](C)(C)C. The maximum absolute atomic E-state index is 12.9. The molecule has 92 heavy (non-hydrogen) atoms. The molecule has 0 aromatic heterocycles. The number of carbonyl (C=O) groups excluding carboxylic acids is 2. The van der Waals surface area contributed by atoms with E-state index in [2.05, 4.69) is 13.8 Å². The molecule has 10 heteroatoms. The second-order valence-electron chi connectivity index (χ2n) is 30.2. The van der Waals surface area contributed by atoms with E-state index in [1.165, 1.54) is 398 Å². The standard InChI is InChI=1S/C82H164NO8P/c1-6-8-10-12-14-16-18-20-22-24-26-28-30-32-34-36-37-38-39-40-41-42-43-44-45-47-49-51-53-55-57-59-61-63-65-67-69-71-73-75-82(85)91-80(79-90-92(86,87)89-77-76-83(3,4)5)78-88-81(84)74-72-70-68-66-64-62-60-58-56-54-52-50-48-46-35-33-31-29-27-25-23-21-19-17-15-13-11-9-7-2/h80H,6-79H2,1-5H3/p+1. The molecule has 1 N–H and O–H groups in total. The Labute approximate surface area is 575 Å². The van der Waals surface area contributed by atoms with Crippen LogP contribution < -0.4 is 0 Å². The molecule has 0 saturated carbocycles. The van der Waals surface area contributed by atoms with Gasteiger partial charge < -0.3 is 18.9 Å². The number of nitrogens with zero attached hydrogens (tertiary/aromatic N) is 1. The number of hydrogen-bond donors (Lipinski definition) is 1. The highest BCUT2D eigenvalue weighted by Crippen LogP contribution is 2.43. The topological polar surface area (TPSA) is 108 Å². The summed E-state index contributed by atoms with van der Waals surface area (Å²) in [5.41, 5.74) is 0. The van der Waals surface area contributed by atoms with Crippen LogP contribution in [0.3, 0.4) is 0 Å². The molecule has 0 amide bonds. The first-order chi connectivity index (χ1) is 45.0. The van der Waals surface area contributed by atoms with Crippen LogP contribution in [0.15, 0.2) is 0 Å². The van der Waals surface area contributed by atoms with Crippen LogP contribution in [0.4, 0.5) is 0 Å². The molecule has 0 aliphatic rings. The molecule has 2 unspecified atom stereocenters. The lowest BCUT2D eigenvalue weighted by atomic mass is 10.0. The van der Waals surface area contributed by atoms with E-state index in [-0.39, 0.29) is 25.6 Å². The van der Waals surface area contributed by atoms with Crippen LogP contribution in [0.25, 0.3) is 0 Å². The van der Waals surface area contributed by atoms with Gasteiger partial charge in [0.05, 0.1) is 27.7 Å². The summed E-state index contributed by atoms with van der Waals surface area (Å²) in [6.07, 6.45) is 92.8. The van der Waals surface area contributed by atoms with Gasteiger partial charge in [0.2, 0.25) is 0 Å².